The largest absolute Gasteiger partial charge is 0.478 e. The molecule has 0 bridgehead atoms. The third kappa shape index (κ3) is 4.69. The van der Waals surface area contributed by atoms with Crippen LogP contribution in [0.15, 0.2) is 60.8 Å². The Balaban J connectivity index is 1.33. The fourth-order valence-electron chi connectivity index (χ4n) is 6.88. The fourth-order valence-corrected chi connectivity index (χ4v) is 7.10. The number of pyridine rings is 1. The van der Waals surface area contributed by atoms with Crippen molar-refractivity contribution in [2.75, 3.05) is 5.32 Å². The standard InChI is InChI=1S/C30H33ClN2O3/c1-28(2)15-20-16-29(3,4)18-30(20,17-28)19-7-12-25(24(31)14-19)36-22-10-8-21(9-11-22)33-26-23(27(34)35)6-5-13-32-26/h5-14,20H,15-18H2,1-4H3,(H,32,33)(H,34,35). The number of hydrogen-bond acceptors (Lipinski definition) is 4. The summed E-state index contributed by atoms with van der Waals surface area (Å²) in [7, 11) is 0. The van der Waals surface area contributed by atoms with E-state index in [0.29, 0.717) is 44.8 Å². The number of aromatic carboxylic acids is 1. The molecule has 2 saturated carbocycles. The van der Waals surface area contributed by atoms with Crippen LogP contribution in [0.2, 0.25) is 5.02 Å². The van der Waals surface area contributed by atoms with Gasteiger partial charge in [-0.1, -0.05) is 45.4 Å². The van der Waals surface area contributed by atoms with E-state index >= 15 is 0 Å². The van der Waals surface area contributed by atoms with Crippen LogP contribution in [0, 0.1) is 16.7 Å². The Kier molecular flexibility index (Phi) is 6.03. The molecule has 2 aliphatic carbocycles. The molecule has 2 N–H and O–H groups in total. The van der Waals surface area contributed by atoms with Crippen LogP contribution >= 0.6 is 11.6 Å². The van der Waals surface area contributed by atoms with E-state index in [1.54, 1.807) is 12.3 Å². The van der Waals surface area contributed by atoms with E-state index in [0.717, 1.165) is 0 Å². The minimum atomic E-state index is -1.03. The second-order valence-electron chi connectivity index (χ2n) is 12.0. The van der Waals surface area contributed by atoms with Crippen molar-refractivity contribution in [2.45, 2.75) is 58.8 Å². The summed E-state index contributed by atoms with van der Waals surface area (Å²) < 4.78 is 6.12. The molecule has 6 heteroatoms. The molecule has 0 spiro atoms. The Morgan fingerprint density at radius 2 is 1.69 bits per heavy atom. The van der Waals surface area contributed by atoms with Crippen molar-refractivity contribution in [1.82, 2.24) is 4.98 Å². The average molecular weight is 505 g/mol. The minimum absolute atomic E-state index is 0.114. The van der Waals surface area contributed by atoms with Gasteiger partial charge in [0.15, 0.2) is 0 Å². The van der Waals surface area contributed by atoms with Gasteiger partial charge in [0.1, 0.15) is 22.9 Å². The molecule has 1 aromatic heterocycles. The van der Waals surface area contributed by atoms with E-state index in [9.17, 15) is 9.90 Å². The summed E-state index contributed by atoms with van der Waals surface area (Å²) in [5.74, 6) is 1.22. The number of fused-ring (bicyclic) bond motifs is 1. The van der Waals surface area contributed by atoms with Crippen molar-refractivity contribution >= 4 is 29.1 Å². The van der Waals surface area contributed by atoms with Gasteiger partial charge < -0.3 is 15.2 Å². The molecule has 2 aliphatic rings. The predicted octanol–water partition coefficient (Wildman–Crippen LogP) is 8.46. The zero-order chi connectivity index (χ0) is 25.7. The van der Waals surface area contributed by atoms with Crippen LogP contribution in [0.5, 0.6) is 11.5 Å². The summed E-state index contributed by atoms with van der Waals surface area (Å²) >= 11 is 6.77. The van der Waals surface area contributed by atoms with Gasteiger partial charge in [0.05, 0.1) is 5.02 Å². The number of aromatic nitrogens is 1. The Hall–Kier alpha value is -3.05. The van der Waals surface area contributed by atoms with Gasteiger partial charge in [-0.3, -0.25) is 0 Å². The predicted molar refractivity (Wildman–Crippen MR) is 144 cm³/mol. The van der Waals surface area contributed by atoms with Crippen molar-refractivity contribution < 1.29 is 14.6 Å². The molecule has 36 heavy (non-hydrogen) atoms. The highest BCUT2D eigenvalue weighted by atomic mass is 35.5. The zero-order valence-corrected chi connectivity index (χ0v) is 22.0. The van der Waals surface area contributed by atoms with Crippen molar-refractivity contribution in [3.63, 3.8) is 0 Å². The highest BCUT2D eigenvalue weighted by Gasteiger charge is 2.58. The molecular weight excluding hydrogens is 472 g/mol. The maximum absolute atomic E-state index is 11.4. The van der Waals surface area contributed by atoms with Crippen LogP contribution in [0.25, 0.3) is 0 Å². The SMILES string of the molecule is CC1(C)CC2CC(C)(C)CC2(c2ccc(Oc3ccc(Nc4ncccc4C(=O)O)cc3)c(Cl)c2)C1. The molecule has 5 rings (SSSR count). The van der Waals surface area contributed by atoms with E-state index < -0.39 is 5.97 Å². The average Bonchev–Trinajstić information content (AvgIpc) is 3.19. The lowest BCUT2D eigenvalue weighted by atomic mass is 9.71. The maximum atomic E-state index is 11.4. The number of anilines is 2. The van der Waals surface area contributed by atoms with E-state index in [2.05, 4.69) is 50.1 Å². The van der Waals surface area contributed by atoms with Gasteiger partial charge in [-0.25, -0.2) is 9.78 Å². The molecule has 2 aromatic carbocycles. The van der Waals surface area contributed by atoms with Crippen LogP contribution in [0.4, 0.5) is 11.5 Å². The molecule has 1 heterocycles. The number of rotatable bonds is 6. The first-order valence-electron chi connectivity index (χ1n) is 12.5. The van der Waals surface area contributed by atoms with E-state index in [1.807, 2.05) is 30.3 Å². The number of hydrogen-bond donors (Lipinski definition) is 2. The summed E-state index contributed by atoms with van der Waals surface area (Å²) in [5, 5.41) is 13.0. The van der Waals surface area contributed by atoms with Gasteiger partial charge in [-0.05, 0) is 102 Å². The Labute approximate surface area is 217 Å². The summed E-state index contributed by atoms with van der Waals surface area (Å²) in [5.41, 5.74) is 3.04. The zero-order valence-electron chi connectivity index (χ0n) is 21.3. The lowest BCUT2D eigenvalue weighted by Crippen LogP contribution is -2.27. The van der Waals surface area contributed by atoms with Crippen molar-refractivity contribution in [3.8, 4) is 11.5 Å². The Morgan fingerprint density at radius 1 is 1.03 bits per heavy atom. The first-order chi connectivity index (χ1) is 17.0. The maximum Gasteiger partial charge on any atom is 0.339 e. The molecule has 5 nitrogen and oxygen atoms in total. The number of nitrogens with one attached hydrogen (secondary N) is 1. The lowest BCUT2D eigenvalue weighted by molar-refractivity contribution is 0.0697. The molecule has 0 aliphatic heterocycles. The lowest BCUT2D eigenvalue weighted by Gasteiger charge is -2.33. The third-order valence-corrected chi connectivity index (χ3v) is 8.15. The normalized spacial score (nSPS) is 23.8. The second-order valence-corrected chi connectivity index (χ2v) is 12.5. The van der Waals surface area contributed by atoms with Crippen LogP contribution in [-0.2, 0) is 5.41 Å². The molecule has 0 radical (unpaired) electrons. The molecule has 3 aromatic rings. The molecule has 0 saturated heterocycles. The number of carbonyl (C=O) groups is 1. The third-order valence-electron chi connectivity index (χ3n) is 7.86. The number of carboxylic acid groups (broad SMARTS) is 1. The summed E-state index contributed by atoms with van der Waals surface area (Å²) in [4.78, 5) is 15.6. The monoisotopic (exact) mass is 504 g/mol. The number of carboxylic acids is 1. The van der Waals surface area contributed by atoms with Gasteiger partial charge in [0.2, 0.25) is 0 Å². The summed E-state index contributed by atoms with van der Waals surface area (Å²) in [6, 6.07) is 16.7. The number of ether oxygens (including phenoxy) is 1. The molecule has 2 fully saturated rings. The van der Waals surface area contributed by atoms with Gasteiger partial charge in [0.25, 0.3) is 0 Å². The Bertz CT molecular complexity index is 1280. The second kappa shape index (κ2) is 8.81. The number of nitrogens with zero attached hydrogens (tertiary/aromatic N) is 1. The first kappa shape index (κ1) is 24.6. The van der Waals surface area contributed by atoms with Crippen LogP contribution < -0.4 is 10.1 Å². The molecule has 0 unspecified atom stereocenters. The first-order valence-corrected chi connectivity index (χ1v) is 12.9. The number of halogens is 1. The van der Waals surface area contributed by atoms with Crippen molar-refractivity contribution in [2.24, 2.45) is 16.7 Å². The van der Waals surface area contributed by atoms with Crippen LogP contribution in [-0.4, -0.2) is 16.1 Å². The molecule has 0 atom stereocenters. The van der Waals surface area contributed by atoms with Crippen molar-refractivity contribution in [3.05, 3.63) is 76.9 Å². The van der Waals surface area contributed by atoms with Crippen LogP contribution in [0.1, 0.15) is 69.3 Å². The highest BCUT2D eigenvalue weighted by Crippen LogP contribution is 2.66. The minimum Gasteiger partial charge on any atom is -0.478 e. The topological polar surface area (TPSA) is 71.5 Å². The van der Waals surface area contributed by atoms with E-state index in [1.165, 1.54) is 37.3 Å². The van der Waals surface area contributed by atoms with Gasteiger partial charge in [0, 0.05) is 11.9 Å². The fraction of sp³-hybridized carbons (Fsp3) is 0.400. The number of benzene rings is 2. The highest BCUT2D eigenvalue weighted by molar-refractivity contribution is 6.32. The van der Waals surface area contributed by atoms with Gasteiger partial charge in [-0.15, -0.1) is 0 Å². The smallest absolute Gasteiger partial charge is 0.339 e. The van der Waals surface area contributed by atoms with Gasteiger partial charge >= 0.3 is 5.97 Å². The summed E-state index contributed by atoms with van der Waals surface area (Å²) in [6.07, 6.45) is 6.47. The Morgan fingerprint density at radius 3 is 2.31 bits per heavy atom. The molecule has 0 amide bonds. The van der Waals surface area contributed by atoms with E-state index in [-0.39, 0.29) is 11.0 Å². The van der Waals surface area contributed by atoms with E-state index in [4.69, 9.17) is 16.3 Å². The van der Waals surface area contributed by atoms with Crippen LogP contribution in [0.3, 0.4) is 0 Å². The molecular formula is C30H33ClN2O3. The quantitative estimate of drug-likeness (QED) is 0.352. The van der Waals surface area contributed by atoms with Gasteiger partial charge in [-0.2, -0.15) is 0 Å². The molecule has 188 valence electrons. The summed E-state index contributed by atoms with van der Waals surface area (Å²) in [6.45, 7) is 9.59. The van der Waals surface area contributed by atoms with Crippen molar-refractivity contribution in [1.29, 1.82) is 0 Å².